The lowest BCUT2D eigenvalue weighted by molar-refractivity contribution is -0.137. The predicted octanol–water partition coefficient (Wildman–Crippen LogP) is 4.37. The second-order valence-electron chi connectivity index (χ2n) is 7.00. The predicted molar refractivity (Wildman–Crippen MR) is 129 cm³/mol. The maximum absolute atomic E-state index is 12.6. The SMILES string of the molecule is CCNC(=NCCCCn1c(C)cccc1=O)NCCc1ccc(C(F)(F)F)cc1.I. The molecule has 1 aromatic carbocycles. The lowest BCUT2D eigenvalue weighted by Gasteiger charge is -2.12. The minimum absolute atomic E-state index is 0. The standard InChI is InChI=1S/C22H29F3N4O.HI/c1-3-26-21(27-14-4-5-16-29-17(2)7-6-8-20(29)30)28-15-13-18-9-11-19(12-10-18)22(23,24)25;/h6-12H,3-5,13-16H2,1-2H3,(H2,26,27,28);1H. The number of aromatic nitrogens is 1. The highest BCUT2D eigenvalue weighted by Crippen LogP contribution is 2.29. The van der Waals surface area contributed by atoms with E-state index in [2.05, 4.69) is 15.6 Å². The van der Waals surface area contributed by atoms with Crippen LogP contribution in [0.3, 0.4) is 0 Å². The second-order valence-corrected chi connectivity index (χ2v) is 7.00. The maximum atomic E-state index is 12.6. The molecular formula is C22H30F3IN4O. The van der Waals surface area contributed by atoms with Gasteiger partial charge in [0, 0.05) is 37.9 Å². The van der Waals surface area contributed by atoms with Gasteiger partial charge in [-0.2, -0.15) is 13.2 Å². The van der Waals surface area contributed by atoms with Crippen molar-refractivity contribution in [2.75, 3.05) is 19.6 Å². The number of guanidine groups is 1. The Morgan fingerprint density at radius 1 is 1.06 bits per heavy atom. The van der Waals surface area contributed by atoms with Gasteiger partial charge in [0.25, 0.3) is 5.56 Å². The van der Waals surface area contributed by atoms with E-state index >= 15 is 0 Å². The largest absolute Gasteiger partial charge is 0.416 e. The normalized spacial score (nSPS) is 11.7. The molecule has 1 aromatic heterocycles. The average molecular weight is 550 g/mol. The van der Waals surface area contributed by atoms with Gasteiger partial charge in [-0.15, -0.1) is 24.0 Å². The Morgan fingerprint density at radius 3 is 2.39 bits per heavy atom. The number of pyridine rings is 1. The van der Waals surface area contributed by atoms with Crippen LogP contribution in [-0.4, -0.2) is 30.2 Å². The number of halogens is 4. The fraction of sp³-hybridized carbons (Fsp3) is 0.455. The number of nitrogens with one attached hydrogen (secondary N) is 2. The van der Waals surface area contributed by atoms with Gasteiger partial charge < -0.3 is 15.2 Å². The molecule has 0 amide bonds. The third-order valence-electron chi connectivity index (χ3n) is 4.66. The van der Waals surface area contributed by atoms with Crippen LogP contribution in [0.25, 0.3) is 0 Å². The zero-order valence-electron chi connectivity index (χ0n) is 17.8. The number of hydrogen-bond donors (Lipinski definition) is 2. The molecule has 0 aliphatic rings. The van der Waals surface area contributed by atoms with Gasteiger partial charge in [0.15, 0.2) is 5.96 Å². The minimum Gasteiger partial charge on any atom is -0.357 e. The first-order valence-electron chi connectivity index (χ1n) is 10.2. The Hall–Kier alpha value is -2.04. The van der Waals surface area contributed by atoms with Crippen LogP contribution in [0.4, 0.5) is 13.2 Å². The zero-order chi connectivity index (χ0) is 22.0. The quantitative estimate of drug-likeness (QED) is 0.211. The Balaban J connectivity index is 0.00000480. The van der Waals surface area contributed by atoms with Crippen molar-refractivity contribution in [2.45, 2.75) is 45.8 Å². The fourth-order valence-corrected chi connectivity index (χ4v) is 3.01. The minimum atomic E-state index is -4.31. The molecular weight excluding hydrogens is 520 g/mol. The highest BCUT2D eigenvalue weighted by atomic mass is 127. The van der Waals surface area contributed by atoms with Crippen molar-refractivity contribution >= 4 is 29.9 Å². The summed E-state index contributed by atoms with van der Waals surface area (Å²) in [5.41, 5.74) is 1.15. The Morgan fingerprint density at radius 2 is 1.77 bits per heavy atom. The molecule has 2 aromatic rings. The molecule has 2 N–H and O–H groups in total. The molecule has 5 nitrogen and oxygen atoms in total. The second kappa shape index (κ2) is 13.4. The molecule has 0 spiro atoms. The topological polar surface area (TPSA) is 58.4 Å². The Kier molecular flexibility index (Phi) is 11.7. The summed E-state index contributed by atoms with van der Waals surface area (Å²) in [5, 5.41) is 6.36. The van der Waals surface area contributed by atoms with Gasteiger partial charge in [-0.3, -0.25) is 9.79 Å². The molecule has 0 unspecified atom stereocenters. The van der Waals surface area contributed by atoms with Crippen LogP contribution in [0.5, 0.6) is 0 Å². The first kappa shape index (κ1) is 27.0. The van der Waals surface area contributed by atoms with E-state index in [4.69, 9.17) is 0 Å². The lowest BCUT2D eigenvalue weighted by atomic mass is 10.1. The van der Waals surface area contributed by atoms with E-state index in [0.29, 0.717) is 38.6 Å². The first-order valence-corrected chi connectivity index (χ1v) is 10.2. The van der Waals surface area contributed by atoms with Crippen LogP contribution in [0, 0.1) is 6.92 Å². The first-order chi connectivity index (χ1) is 14.3. The molecule has 2 rings (SSSR count). The van der Waals surface area contributed by atoms with Gasteiger partial charge in [0.1, 0.15) is 0 Å². The van der Waals surface area contributed by atoms with Crippen molar-refractivity contribution in [3.05, 3.63) is 69.6 Å². The summed E-state index contributed by atoms with van der Waals surface area (Å²) in [6.45, 7) is 6.46. The summed E-state index contributed by atoms with van der Waals surface area (Å²) in [6.07, 6.45) is -2.02. The number of aryl methyl sites for hydroxylation is 1. The molecule has 9 heteroatoms. The molecule has 0 aliphatic carbocycles. The van der Waals surface area contributed by atoms with Gasteiger partial charge >= 0.3 is 6.18 Å². The van der Waals surface area contributed by atoms with Crippen molar-refractivity contribution in [1.82, 2.24) is 15.2 Å². The van der Waals surface area contributed by atoms with E-state index in [1.54, 1.807) is 16.7 Å². The Labute approximate surface area is 198 Å². The van der Waals surface area contributed by atoms with Crippen LogP contribution >= 0.6 is 24.0 Å². The van der Waals surface area contributed by atoms with E-state index in [0.717, 1.165) is 36.2 Å². The third kappa shape index (κ3) is 9.32. The summed E-state index contributed by atoms with van der Waals surface area (Å²) in [7, 11) is 0. The summed E-state index contributed by atoms with van der Waals surface area (Å²) < 4.78 is 39.6. The molecule has 0 atom stereocenters. The smallest absolute Gasteiger partial charge is 0.357 e. The van der Waals surface area contributed by atoms with Crippen LogP contribution < -0.4 is 16.2 Å². The highest BCUT2D eigenvalue weighted by molar-refractivity contribution is 14.0. The molecule has 1 heterocycles. The van der Waals surface area contributed by atoms with Crippen molar-refractivity contribution in [2.24, 2.45) is 4.99 Å². The van der Waals surface area contributed by atoms with E-state index in [1.165, 1.54) is 12.1 Å². The van der Waals surface area contributed by atoms with Gasteiger partial charge in [0.2, 0.25) is 0 Å². The molecule has 0 fully saturated rings. The van der Waals surface area contributed by atoms with E-state index in [1.807, 2.05) is 19.9 Å². The molecule has 0 bridgehead atoms. The van der Waals surface area contributed by atoms with Gasteiger partial charge in [-0.1, -0.05) is 18.2 Å². The molecule has 0 aliphatic heterocycles. The number of benzene rings is 1. The third-order valence-corrected chi connectivity index (χ3v) is 4.66. The monoisotopic (exact) mass is 550 g/mol. The maximum Gasteiger partial charge on any atom is 0.416 e. The van der Waals surface area contributed by atoms with Crippen LogP contribution in [0.15, 0.2) is 52.3 Å². The van der Waals surface area contributed by atoms with Gasteiger partial charge in [-0.05, 0) is 56.9 Å². The number of alkyl halides is 3. The molecule has 0 saturated heterocycles. The van der Waals surface area contributed by atoms with Gasteiger partial charge in [0.05, 0.1) is 5.56 Å². The number of hydrogen-bond acceptors (Lipinski definition) is 2. The number of aliphatic imine (C=N–C) groups is 1. The van der Waals surface area contributed by atoms with E-state index < -0.39 is 11.7 Å². The summed E-state index contributed by atoms with van der Waals surface area (Å²) in [6, 6.07) is 10.5. The highest BCUT2D eigenvalue weighted by Gasteiger charge is 2.29. The summed E-state index contributed by atoms with van der Waals surface area (Å²) in [4.78, 5) is 16.4. The fourth-order valence-electron chi connectivity index (χ4n) is 3.01. The van der Waals surface area contributed by atoms with E-state index in [-0.39, 0.29) is 29.5 Å². The van der Waals surface area contributed by atoms with Crippen molar-refractivity contribution in [3.8, 4) is 0 Å². The van der Waals surface area contributed by atoms with Crippen molar-refractivity contribution in [1.29, 1.82) is 0 Å². The molecule has 0 saturated carbocycles. The molecule has 0 radical (unpaired) electrons. The summed E-state index contributed by atoms with van der Waals surface area (Å²) in [5.74, 6) is 0.678. The van der Waals surface area contributed by atoms with E-state index in [9.17, 15) is 18.0 Å². The van der Waals surface area contributed by atoms with Crippen molar-refractivity contribution in [3.63, 3.8) is 0 Å². The molecule has 31 heavy (non-hydrogen) atoms. The number of nitrogens with zero attached hydrogens (tertiary/aromatic N) is 2. The Bertz CT molecular complexity index is 880. The molecule has 172 valence electrons. The number of rotatable bonds is 9. The average Bonchev–Trinajstić information content (AvgIpc) is 2.69. The van der Waals surface area contributed by atoms with Crippen molar-refractivity contribution < 1.29 is 13.2 Å². The zero-order valence-corrected chi connectivity index (χ0v) is 20.2. The lowest BCUT2D eigenvalue weighted by Crippen LogP contribution is -2.38. The van der Waals surface area contributed by atoms with Crippen LogP contribution in [0.1, 0.15) is 36.6 Å². The van der Waals surface area contributed by atoms with Gasteiger partial charge in [-0.25, -0.2) is 0 Å². The van der Waals surface area contributed by atoms with Crippen LogP contribution in [-0.2, 0) is 19.1 Å². The number of unbranched alkanes of at least 4 members (excludes halogenated alkanes) is 1. The summed E-state index contributed by atoms with van der Waals surface area (Å²) >= 11 is 0. The van der Waals surface area contributed by atoms with Crippen LogP contribution in [0.2, 0.25) is 0 Å².